The maximum absolute atomic E-state index is 9.11. The molecular formula is C28H66N4O3. The third-order valence-corrected chi connectivity index (χ3v) is 5.34. The van der Waals surface area contributed by atoms with Crippen molar-refractivity contribution in [3.63, 3.8) is 0 Å². The van der Waals surface area contributed by atoms with Crippen molar-refractivity contribution < 1.29 is 15.3 Å². The Morgan fingerprint density at radius 3 is 1.23 bits per heavy atom. The second-order valence-electron chi connectivity index (χ2n) is 9.74. The van der Waals surface area contributed by atoms with Gasteiger partial charge in [-0.2, -0.15) is 0 Å². The molecule has 0 aromatic carbocycles. The lowest BCUT2D eigenvalue weighted by Gasteiger charge is -2.18. The van der Waals surface area contributed by atoms with Crippen LogP contribution in [0.2, 0.25) is 0 Å². The molecule has 2 aliphatic rings. The predicted octanol–water partition coefficient (Wildman–Crippen LogP) is 5.57. The molecule has 0 unspecified atom stereocenters. The standard InChI is InChI=1S/2C7H15NO.C6H10N2.C4H10O.4CH4/c2*1-6(2)8-4-3-7(9)5-8;1-6(2)8-4-3-7-5-8;1-4(2)3-5;;;;/h2*6-7,9H,3-5H2,1-2H3;3-6H,1-2H3;4-5H,3H2,1-2H3;4*1H4/t2*7-;;;;;;/m10....../s1. The van der Waals surface area contributed by atoms with Crippen LogP contribution in [0.4, 0.5) is 0 Å². The minimum Gasteiger partial charge on any atom is -0.396 e. The number of hydrogen-bond donors (Lipinski definition) is 3. The Morgan fingerprint density at radius 2 is 1.11 bits per heavy atom. The highest BCUT2D eigenvalue weighted by Crippen LogP contribution is 2.12. The molecule has 1 aromatic rings. The topological polar surface area (TPSA) is 85.0 Å². The molecule has 0 amide bonds. The van der Waals surface area contributed by atoms with E-state index in [9.17, 15) is 0 Å². The normalized spacial score (nSPS) is 19.2. The van der Waals surface area contributed by atoms with Crippen molar-refractivity contribution in [2.45, 2.75) is 128 Å². The third kappa shape index (κ3) is 22.0. The zero-order valence-electron chi connectivity index (χ0n) is 21.3. The average Bonchev–Trinajstić information content (AvgIpc) is 3.44. The summed E-state index contributed by atoms with van der Waals surface area (Å²) >= 11 is 0. The Labute approximate surface area is 220 Å². The lowest BCUT2D eigenvalue weighted by molar-refractivity contribution is 0.166. The molecule has 1 aromatic heterocycles. The summed E-state index contributed by atoms with van der Waals surface area (Å²) in [7, 11) is 0. The molecule has 0 aliphatic carbocycles. The quantitative estimate of drug-likeness (QED) is 0.495. The molecule has 0 bridgehead atoms. The number of nitrogens with zero attached hydrogens (tertiary/aromatic N) is 4. The van der Waals surface area contributed by atoms with Crippen LogP contribution in [0.25, 0.3) is 0 Å². The van der Waals surface area contributed by atoms with Gasteiger partial charge in [0.15, 0.2) is 0 Å². The minimum absolute atomic E-state index is 0. The van der Waals surface area contributed by atoms with Crippen molar-refractivity contribution in [1.29, 1.82) is 0 Å². The summed E-state index contributed by atoms with van der Waals surface area (Å²) in [4.78, 5) is 8.50. The monoisotopic (exact) mass is 507 g/mol. The molecule has 2 saturated heterocycles. The smallest absolute Gasteiger partial charge is 0.0948 e. The van der Waals surface area contributed by atoms with Crippen LogP contribution in [-0.2, 0) is 0 Å². The van der Waals surface area contributed by atoms with Gasteiger partial charge < -0.3 is 19.9 Å². The highest BCUT2D eigenvalue weighted by molar-refractivity contribution is 4.77. The molecule has 3 rings (SSSR count). The maximum atomic E-state index is 9.11. The SMILES string of the molecule is C.C.C.C.CC(C)CO.CC(C)N1CC[C@@H](O)C1.CC(C)N1CC[C@H](O)C1.CC(C)n1ccnc1. The molecule has 3 N–H and O–H groups in total. The van der Waals surface area contributed by atoms with Crippen LogP contribution in [0.15, 0.2) is 18.7 Å². The summed E-state index contributed by atoms with van der Waals surface area (Å²) in [6.07, 6.45) is 7.37. The third-order valence-electron chi connectivity index (χ3n) is 5.34. The summed E-state index contributed by atoms with van der Waals surface area (Å²) in [6.45, 7) is 21.0. The molecule has 3 heterocycles. The lowest BCUT2D eigenvalue weighted by atomic mass is 10.2. The molecule has 2 aliphatic heterocycles. The lowest BCUT2D eigenvalue weighted by Crippen LogP contribution is -2.28. The number of likely N-dealkylation sites (tertiary alicyclic amines) is 2. The van der Waals surface area contributed by atoms with Gasteiger partial charge in [-0.1, -0.05) is 43.6 Å². The molecule has 216 valence electrons. The van der Waals surface area contributed by atoms with Crippen molar-refractivity contribution in [3.05, 3.63) is 18.7 Å². The first-order chi connectivity index (χ1) is 14.5. The van der Waals surface area contributed by atoms with E-state index in [1.807, 2.05) is 26.4 Å². The average molecular weight is 507 g/mol. The summed E-state index contributed by atoms with van der Waals surface area (Å²) in [5.41, 5.74) is 0. The highest BCUT2D eigenvalue weighted by atomic mass is 16.3. The summed E-state index contributed by atoms with van der Waals surface area (Å²) in [5.74, 6) is 0.440. The molecule has 2 fully saturated rings. The second kappa shape index (κ2) is 24.7. The van der Waals surface area contributed by atoms with Crippen molar-refractivity contribution in [2.75, 3.05) is 32.8 Å². The van der Waals surface area contributed by atoms with Gasteiger partial charge in [-0.15, -0.1) is 0 Å². The van der Waals surface area contributed by atoms with Gasteiger partial charge in [0.1, 0.15) is 0 Å². The summed E-state index contributed by atoms with van der Waals surface area (Å²) in [5, 5.41) is 26.4. The van der Waals surface area contributed by atoms with Crippen LogP contribution in [0.5, 0.6) is 0 Å². The van der Waals surface area contributed by atoms with Gasteiger partial charge in [0.05, 0.1) is 18.5 Å². The Balaban J connectivity index is -0.000000112. The van der Waals surface area contributed by atoms with Gasteiger partial charge in [0.2, 0.25) is 0 Å². The molecule has 0 radical (unpaired) electrons. The van der Waals surface area contributed by atoms with Crippen molar-refractivity contribution in [2.24, 2.45) is 5.92 Å². The van der Waals surface area contributed by atoms with E-state index in [0.29, 0.717) is 30.7 Å². The van der Waals surface area contributed by atoms with Crippen LogP contribution < -0.4 is 0 Å². The Hall–Kier alpha value is -0.990. The fourth-order valence-electron chi connectivity index (χ4n) is 3.05. The van der Waals surface area contributed by atoms with Gasteiger partial charge in [-0.3, -0.25) is 9.80 Å². The summed E-state index contributed by atoms with van der Waals surface area (Å²) in [6, 6.07) is 1.74. The number of aliphatic hydroxyl groups is 3. The first-order valence-electron chi connectivity index (χ1n) is 11.9. The molecule has 35 heavy (non-hydrogen) atoms. The Bertz CT molecular complexity index is 498. The number of aromatic nitrogens is 2. The highest BCUT2D eigenvalue weighted by Gasteiger charge is 2.22. The molecule has 7 nitrogen and oxygen atoms in total. The van der Waals surface area contributed by atoms with Crippen LogP contribution in [-0.4, -0.2) is 91.7 Å². The Morgan fingerprint density at radius 1 is 0.743 bits per heavy atom. The van der Waals surface area contributed by atoms with Crippen LogP contribution in [0.1, 0.15) is 104 Å². The Kier molecular flexibility index (Phi) is 31.1. The molecule has 7 heteroatoms. The van der Waals surface area contributed by atoms with E-state index in [1.165, 1.54) is 0 Å². The first kappa shape index (κ1) is 44.0. The van der Waals surface area contributed by atoms with Gasteiger partial charge in [-0.05, 0) is 60.3 Å². The number of imidazole rings is 1. The number of rotatable bonds is 4. The van der Waals surface area contributed by atoms with E-state index < -0.39 is 0 Å². The van der Waals surface area contributed by atoms with E-state index in [1.54, 1.807) is 6.20 Å². The summed E-state index contributed by atoms with van der Waals surface area (Å²) < 4.78 is 2.06. The van der Waals surface area contributed by atoms with Crippen molar-refractivity contribution in [1.82, 2.24) is 19.4 Å². The zero-order chi connectivity index (χ0) is 24.0. The molecular weight excluding hydrogens is 440 g/mol. The van der Waals surface area contributed by atoms with E-state index in [4.69, 9.17) is 15.3 Å². The van der Waals surface area contributed by atoms with Crippen molar-refractivity contribution in [3.8, 4) is 0 Å². The second-order valence-corrected chi connectivity index (χ2v) is 9.74. The zero-order valence-corrected chi connectivity index (χ0v) is 21.3. The van der Waals surface area contributed by atoms with Gasteiger partial charge in [-0.25, -0.2) is 4.98 Å². The van der Waals surface area contributed by atoms with Crippen molar-refractivity contribution >= 4 is 0 Å². The molecule has 2 atom stereocenters. The van der Waals surface area contributed by atoms with Gasteiger partial charge in [0, 0.05) is 63.3 Å². The van der Waals surface area contributed by atoms with Gasteiger partial charge in [0.25, 0.3) is 0 Å². The van der Waals surface area contributed by atoms with Crippen LogP contribution in [0.3, 0.4) is 0 Å². The fourth-order valence-corrected chi connectivity index (χ4v) is 3.05. The van der Waals surface area contributed by atoms with E-state index in [2.05, 4.69) is 60.9 Å². The molecule has 0 saturated carbocycles. The number of hydrogen-bond acceptors (Lipinski definition) is 6. The van der Waals surface area contributed by atoms with E-state index >= 15 is 0 Å². The fraction of sp³-hybridized carbons (Fsp3) is 0.893. The maximum Gasteiger partial charge on any atom is 0.0948 e. The largest absolute Gasteiger partial charge is 0.396 e. The van der Waals surface area contributed by atoms with Crippen LogP contribution >= 0.6 is 0 Å². The number of β-amino-alcohol motifs (C(OH)–C–C–N with tert-alkyl or cyclic N) is 2. The first-order valence-corrected chi connectivity index (χ1v) is 11.9. The number of aliphatic hydroxyl groups excluding tert-OH is 3. The van der Waals surface area contributed by atoms with Gasteiger partial charge >= 0.3 is 0 Å². The van der Waals surface area contributed by atoms with E-state index in [0.717, 1.165) is 39.0 Å². The minimum atomic E-state index is -0.0626. The molecule has 0 spiro atoms. The van der Waals surface area contributed by atoms with E-state index in [-0.39, 0.29) is 41.9 Å². The predicted molar refractivity (Wildman–Crippen MR) is 156 cm³/mol. The van der Waals surface area contributed by atoms with Crippen LogP contribution in [0, 0.1) is 5.92 Å².